The van der Waals surface area contributed by atoms with Crippen LogP contribution in [0.3, 0.4) is 0 Å². The normalized spacial score (nSPS) is 10.2. The molecule has 2 nitrogen and oxygen atoms in total. The van der Waals surface area contributed by atoms with E-state index in [2.05, 4.69) is 24.4 Å². The third-order valence-electron chi connectivity index (χ3n) is 3.13. The summed E-state index contributed by atoms with van der Waals surface area (Å²) in [7, 11) is 1.89. The molecule has 0 spiro atoms. The molecule has 2 aromatic carbocycles. The van der Waals surface area contributed by atoms with Crippen molar-refractivity contribution in [2.45, 2.75) is 13.5 Å². The molecule has 0 saturated carbocycles. The van der Waals surface area contributed by atoms with E-state index in [4.69, 9.17) is 12.2 Å². The van der Waals surface area contributed by atoms with Crippen LogP contribution < -0.4 is 5.32 Å². The van der Waals surface area contributed by atoms with Crippen molar-refractivity contribution in [1.82, 2.24) is 4.90 Å². The highest BCUT2D eigenvalue weighted by Crippen LogP contribution is 2.14. The molecule has 0 aromatic heterocycles. The number of rotatable bonds is 3. The van der Waals surface area contributed by atoms with Gasteiger partial charge < -0.3 is 10.2 Å². The summed E-state index contributed by atoms with van der Waals surface area (Å²) in [4.78, 5) is 1.89. The number of halogens is 1. The van der Waals surface area contributed by atoms with Gasteiger partial charge in [-0.2, -0.15) is 0 Å². The second-order valence-corrected chi connectivity index (χ2v) is 5.08. The Morgan fingerprint density at radius 3 is 2.50 bits per heavy atom. The Balaban J connectivity index is 2.03. The fraction of sp³-hybridized carbons (Fsp3) is 0.188. The first-order valence-corrected chi connectivity index (χ1v) is 6.80. The SMILES string of the molecule is Cc1ccccc1CN(C)C(=S)Nc1ccccc1F. The number of para-hydroxylation sites is 1. The monoisotopic (exact) mass is 288 g/mol. The summed E-state index contributed by atoms with van der Waals surface area (Å²) >= 11 is 5.31. The fourth-order valence-corrected chi connectivity index (χ4v) is 2.06. The largest absolute Gasteiger partial charge is 0.348 e. The molecule has 1 N–H and O–H groups in total. The molecule has 0 atom stereocenters. The second-order valence-electron chi connectivity index (χ2n) is 4.69. The second kappa shape index (κ2) is 6.48. The third kappa shape index (κ3) is 3.54. The quantitative estimate of drug-likeness (QED) is 0.861. The molecule has 0 aliphatic carbocycles. The Bertz CT molecular complexity index is 613. The van der Waals surface area contributed by atoms with E-state index < -0.39 is 0 Å². The van der Waals surface area contributed by atoms with Crippen LogP contribution >= 0.6 is 12.2 Å². The molecule has 0 aliphatic rings. The molecule has 2 rings (SSSR count). The summed E-state index contributed by atoms with van der Waals surface area (Å²) in [5, 5.41) is 3.43. The number of hydrogen-bond donors (Lipinski definition) is 1. The molecule has 0 unspecified atom stereocenters. The molecular weight excluding hydrogens is 271 g/mol. The van der Waals surface area contributed by atoms with E-state index in [1.165, 1.54) is 17.2 Å². The molecule has 2 aromatic rings. The van der Waals surface area contributed by atoms with E-state index >= 15 is 0 Å². The van der Waals surface area contributed by atoms with Crippen LogP contribution in [0.4, 0.5) is 10.1 Å². The van der Waals surface area contributed by atoms with Gasteiger partial charge in [0, 0.05) is 13.6 Å². The van der Waals surface area contributed by atoms with Gasteiger partial charge in [0.25, 0.3) is 0 Å². The summed E-state index contributed by atoms with van der Waals surface area (Å²) in [6.45, 7) is 2.75. The zero-order valence-electron chi connectivity index (χ0n) is 11.6. The highest BCUT2D eigenvalue weighted by atomic mass is 32.1. The van der Waals surface area contributed by atoms with Crippen molar-refractivity contribution in [3.8, 4) is 0 Å². The van der Waals surface area contributed by atoms with Crippen LogP contribution in [0.5, 0.6) is 0 Å². The van der Waals surface area contributed by atoms with Gasteiger partial charge in [0.15, 0.2) is 5.11 Å². The first kappa shape index (κ1) is 14.5. The predicted octanol–water partition coefficient (Wildman–Crippen LogP) is 3.96. The van der Waals surface area contributed by atoms with Gasteiger partial charge in [-0.3, -0.25) is 0 Å². The molecule has 0 amide bonds. The minimum Gasteiger partial charge on any atom is -0.348 e. The molecular formula is C16H17FN2S. The minimum absolute atomic E-state index is 0.306. The van der Waals surface area contributed by atoms with E-state index in [1.54, 1.807) is 18.2 Å². The smallest absolute Gasteiger partial charge is 0.173 e. The van der Waals surface area contributed by atoms with E-state index in [0.717, 1.165) is 0 Å². The molecule has 0 fully saturated rings. The third-order valence-corrected chi connectivity index (χ3v) is 3.54. The maximum absolute atomic E-state index is 13.6. The van der Waals surface area contributed by atoms with E-state index in [-0.39, 0.29) is 5.82 Å². The number of hydrogen-bond acceptors (Lipinski definition) is 1. The lowest BCUT2D eigenvalue weighted by atomic mass is 10.1. The van der Waals surface area contributed by atoms with E-state index in [1.807, 2.05) is 24.1 Å². The summed E-state index contributed by atoms with van der Waals surface area (Å²) in [6.07, 6.45) is 0. The number of aryl methyl sites for hydroxylation is 1. The van der Waals surface area contributed by atoms with Gasteiger partial charge in [0.05, 0.1) is 5.69 Å². The number of benzene rings is 2. The van der Waals surface area contributed by atoms with Gasteiger partial charge in [0.1, 0.15) is 5.82 Å². The Kier molecular flexibility index (Phi) is 4.69. The van der Waals surface area contributed by atoms with Crippen LogP contribution in [0, 0.1) is 12.7 Å². The average molecular weight is 288 g/mol. The van der Waals surface area contributed by atoms with Gasteiger partial charge in [0.2, 0.25) is 0 Å². The zero-order valence-corrected chi connectivity index (χ0v) is 12.4. The first-order chi connectivity index (χ1) is 9.58. The number of nitrogens with zero attached hydrogens (tertiary/aromatic N) is 1. The number of nitrogens with one attached hydrogen (secondary N) is 1. The highest BCUT2D eigenvalue weighted by molar-refractivity contribution is 7.80. The maximum Gasteiger partial charge on any atom is 0.173 e. The van der Waals surface area contributed by atoms with Crippen LogP contribution in [-0.4, -0.2) is 17.1 Å². The first-order valence-electron chi connectivity index (χ1n) is 6.39. The summed E-state index contributed by atoms with van der Waals surface area (Å²) < 4.78 is 13.6. The lowest BCUT2D eigenvalue weighted by Crippen LogP contribution is -2.31. The van der Waals surface area contributed by atoms with Gasteiger partial charge in [-0.25, -0.2) is 4.39 Å². The highest BCUT2D eigenvalue weighted by Gasteiger charge is 2.09. The lowest BCUT2D eigenvalue weighted by molar-refractivity contribution is 0.506. The van der Waals surface area contributed by atoms with Crippen LogP contribution in [0.2, 0.25) is 0 Å². The van der Waals surface area contributed by atoms with Crippen LogP contribution in [-0.2, 0) is 6.54 Å². The van der Waals surface area contributed by atoms with Crippen LogP contribution in [0.15, 0.2) is 48.5 Å². The Hall–Kier alpha value is -1.94. The van der Waals surface area contributed by atoms with Crippen LogP contribution in [0.25, 0.3) is 0 Å². The molecule has 0 radical (unpaired) electrons. The van der Waals surface area contributed by atoms with Crippen molar-refractivity contribution in [2.24, 2.45) is 0 Å². The molecule has 20 heavy (non-hydrogen) atoms. The van der Waals surface area contributed by atoms with E-state index in [9.17, 15) is 4.39 Å². The molecule has 4 heteroatoms. The Morgan fingerprint density at radius 2 is 1.80 bits per heavy atom. The van der Waals surface area contributed by atoms with E-state index in [0.29, 0.717) is 17.3 Å². The molecule has 0 bridgehead atoms. The minimum atomic E-state index is -0.306. The predicted molar refractivity (Wildman–Crippen MR) is 85.3 cm³/mol. The van der Waals surface area contributed by atoms with Crippen molar-refractivity contribution in [2.75, 3.05) is 12.4 Å². The summed E-state index contributed by atoms with van der Waals surface area (Å²) in [6, 6.07) is 14.7. The zero-order chi connectivity index (χ0) is 14.5. The van der Waals surface area contributed by atoms with Gasteiger partial charge in [-0.05, 0) is 42.4 Å². The maximum atomic E-state index is 13.6. The topological polar surface area (TPSA) is 15.3 Å². The average Bonchev–Trinajstić information content (AvgIpc) is 2.43. The van der Waals surface area contributed by atoms with Crippen molar-refractivity contribution in [1.29, 1.82) is 0 Å². The van der Waals surface area contributed by atoms with Crippen molar-refractivity contribution in [3.05, 3.63) is 65.5 Å². The molecule has 0 heterocycles. The molecule has 0 saturated heterocycles. The Morgan fingerprint density at radius 1 is 1.15 bits per heavy atom. The van der Waals surface area contributed by atoms with Gasteiger partial charge in [-0.1, -0.05) is 36.4 Å². The van der Waals surface area contributed by atoms with Crippen molar-refractivity contribution < 1.29 is 4.39 Å². The van der Waals surface area contributed by atoms with Crippen molar-refractivity contribution in [3.63, 3.8) is 0 Å². The summed E-state index contributed by atoms with van der Waals surface area (Å²) in [5.74, 6) is -0.306. The molecule has 0 aliphatic heterocycles. The van der Waals surface area contributed by atoms with Gasteiger partial charge >= 0.3 is 0 Å². The number of anilines is 1. The van der Waals surface area contributed by atoms with Gasteiger partial charge in [-0.15, -0.1) is 0 Å². The van der Waals surface area contributed by atoms with Crippen molar-refractivity contribution >= 4 is 23.0 Å². The number of thiocarbonyl (C=S) groups is 1. The molecule has 104 valence electrons. The fourth-order valence-electron chi connectivity index (χ4n) is 1.89. The lowest BCUT2D eigenvalue weighted by Gasteiger charge is -2.22. The standard InChI is InChI=1S/C16H17FN2S/c1-12-7-3-4-8-13(12)11-19(2)16(20)18-15-10-6-5-9-14(15)17/h3-10H,11H2,1-2H3,(H,18,20). The Labute approximate surface area is 124 Å². The summed E-state index contributed by atoms with van der Waals surface area (Å²) in [5.41, 5.74) is 2.81. The van der Waals surface area contributed by atoms with Crippen LogP contribution in [0.1, 0.15) is 11.1 Å².